The van der Waals surface area contributed by atoms with Crippen LogP contribution in [0.5, 0.6) is 0 Å². The Balaban J connectivity index is 2.18. The maximum absolute atomic E-state index is 11.6. The average Bonchev–Trinajstić information content (AvgIpc) is 2.53. The Morgan fingerprint density at radius 3 is 2.79 bits per heavy atom. The Kier molecular flexibility index (Phi) is 2.57. The van der Waals surface area contributed by atoms with E-state index in [1.165, 1.54) is 0 Å². The van der Waals surface area contributed by atoms with Crippen molar-refractivity contribution in [2.45, 2.75) is 45.3 Å². The molecule has 1 saturated carbocycles. The minimum atomic E-state index is -3.41. The first-order valence-electron chi connectivity index (χ1n) is 5.21. The molecule has 82 valence electrons. The van der Waals surface area contributed by atoms with E-state index in [1.807, 2.05) is 13.8 Å². The van der Waals surface area contributed by atoms with Gasteiger partial charge in [-0.3, -0.25) is 4.18 Å². The van der Waals surface area contributed by atoms with Gasteiger partial charge >= 0.3 is 10.3 Å². The van der Waals surface area contributed by atoms with E-state index >= 15 is 0 Å². The highest BCUT2D eigenvalue weighted by Gasteiger charge is 2.48. The van der Waals surface area contributed by atoms with Crippen LogP contribution in [-0.4, -0.2) is 31.4 Å². The van der Waals surface area contributed by atoms with Crippen LogP contribution in [0.4, 0.5) is 0 Å². The van der Waals surface area contributed by atoms with Crippen LogP contribution >= 0.6 is 0 Å². The van der Waals surface area contributed by atoms with Crippen molar-refractivity contribution in [1.82, 2.24) is 4.31 Å². The van der Waals surface area contributed by atoms with E-state index in [-0.39, 0.29) is 12.1 Å². The summed E-state index contributed by atoms with van der Waals surface area (Å²) < 4.78 is 29.9. The van der Waals surface area contributed by atoms with E-state index in [1.54, 1.807) is 4.31 Å². The molecule has 0 radical (unpaired) electrons. The van der Waals surface area contributed by atoms with Gasteiger partial charge in [0.25, 0.3) is 0 Å². The monoisotopic (exact) mass is 219 g/mol. The highest BCUT2D eigenvalue weighted by Crippen LogP contribution is 2.36. The van der Waals surface area contributed by atoms with Gasteiger partial charge in [-0.05, 0) is 25.2 Å². The minimum Gasteiger partial charge on any atom is -0.253 e. The topological polar surface area (TPSA) is 46.6 Å². The fourth-order valence-corrected chi connectivity index (χ4v) is 4.01. The van der Waals surface area contributed by atoms with Crippen molar-refractivity contribution < 1.29 is 12.6 Å². The van der Waals surface area contributed by atoms with Gasteiger partial charge in [-0.15, -0.1) is 0 Å². The summed E-state index contributed by atoms with van der Waals surface area (Å²) >= 11 is 0. The van der Waals surface area contributed by atoms with Gasteiger partial charge in [0, 0.05) is 6.54 Å². The van der Waals surface area contributed by atoms with Crippen LogP contribution in [0.2, 0.25) is 0 Å². The number of rotatable bonds is 2. The van der Waals surface area contributed by atoms with Crippen LogP contribution in [0.1, 0.15) is 33.1 Å². The van der Waals surface area contributed by atoms with Crippen LogP contribution in [0, 0.1) is 5.92 Å². The van der Waals surface area contributed by atoms with Crippen molar-refractivity contribution in [2.24, 2.45) is 5.92 Å². The minimum absolute atomic E-state index is 0.0706. The Hall–Kier alpha value is -0.130. The van der Waals surface area contributed by atoms with Gasteiger partial charge < -0.3 is 0 Å². The summed E-state index contributed by atoms with van der Waals surface area (Å²) in [5, 5.41) is 0. The summed E-state index contributed by atoms with van der Waals surface area (Å²) in [4.78, 5) is 0. The van der Waals surface area contributed by atoms with Crippen LogP contribution in [0.3, 0.4) is 0 Å². The number of nitrogens with zero attached hydrogens (tertiary/aromatic N) is 1. The smallest absolute Gasteiger partial charge is 0.253 e. The summed E-state index contributed by atoms with van der Waals surface area (Å²) in [6, 6.07) is 0.113. The number of hydrogen-bond donors (Lipinski definition) is 0. The molecule has 1 aliphatic heterocycles. The Morgan fingerprint density at radius 1 is 1.43 bits per heavy atom. The molecule has 2 aliphatic rings. The van der Waals surface area contributed by atoms with E-state index < -0.39 is 10.3 Å². The fraction of sp³-hybridized carbons (Fsp3) is 1.00. The second-order valence-electron chi connectivity index (χ2n) is 4.55. The molecule has 0 aromatic heterocycles. The third-order valence-electron chi connectivity index (χ3n) is 2.87. The molecule has 2 fully saturated rings. The van der Waals surface area contributed by atoms with E-state index in [2.05, 4.69) is 0 Å². The van der Waals surface area contributed by atoms with Crippen molar-refractivity contribution in [3.05, 3.63) is 0 Å². The van der Waals surface area contributed by atoms with E-state index in [9.17, 15) is 8.42 Å². The first kappa shape index (κ1) is 10.4. The second-order valence-corrected chi connectivity index (χ2v) is 6.07. The summed E-state index contributed by atoms with van der Waals surface area (Å²) in [5.74, 6) is 0.354. The Morgan fingerprint density at radius 2 is 2.14 bits per heavy atom. The first-order valence-corrected chi connectivity index (χ1v) is 6.57. The predicted molar refractivity (Wildman–Crippen MR) is 53.0 cm³/mol. The SMILES string of the molecule is CC(C)CN1C2CCCC2OS1(=O)=O. The fourth-order valence-electron chi connectivity index (χ4n) is 2.31. The van der Waals surface area contributed by atoms with Gasteiger partial charge in [-0.2, -0.15) is 12.7 Å². The molecule has 0 aromatic rings. The molecule has 14 heavy (non-hydrogen) atoms. The summed E-state index contributed by atoms with van der Waals surface area (Å²) in [5.41, 5.74) is 0. The van der Waals surface area contributed by atoms with E-state index in [0.717, 1.165) is 19.3 Å². The number of fused-ring (bicyclic) bond motifs is 1. The molecule has 0 amide bonds. The van der Waals surface area contributed by atoms with Gasteiger partial charge in [0.2, 0.25) is 0 Å². The molecule has 2 unspecified atom stereocenters. The van der Waals surface area contributed by atoms with Gasteiger partial charge in [0.05, 0.1) is 12.1 Å². The zero-order valence-corrected chi connectivity index (χ0v) is 9.46. The maximum atomic E-state index is 11.6. The van der Waals surface area contributed by atoms with Crippen LogP contribution in [-0.2, 0) is 14.5 Å². The third kappa shape index (κ3) is 1.68. The Bertz CT molecular complexity index is 312. The van der Waals surface area contributed by atoms with Crippen LogP contribution in [0.25, 0.3) is 0 Å². The molecule has 2 rings (SSSR count). The van der Waals surface area contributed by atoms with Crippen molar-refractivity contribution in [1.29, 1.82) is 0 Å². The average molecular weight is 219 g/mol. The molecular formula is C9H17NO3S. The third-order valence-corrected chi connectivity index (χ3v) is 4.35. The molecule has 5 heteroatoms. The summed E-state index contributed by atoms with van der Waals surface area (Å²) in [6.07, 6.45) is 2.85. The van der Waals surface area contributed by atoms with Gasteiger partial charge in [-0.1, -0.05) is 13.8 Å². The zero-order valence-electron chi connectivity index (χ0n) is 8.64. The molecule has 4 nitrogen and oxygen atoms in total. The van der Waals surface area contributed by atoms with Crippen molar-refractivity contribution >= 4 is 10.3 Å². The lowest BCUT2D eigenvalue weighted by Crippen LogP contribution is -2.36. The molecule has 2 atom stereocenters. The maximum Gasteiger partial charge on any atom is 0.339 e. The number of hydrogen-bond acceptors (Lipinski definition) is 3. The standard InChI is InChI=1S/C9H17NO3S/c1-7(2)6-10-8-4-3-5-9(8)13-14(10,11)12/h7-9H,3-6H2,1-2H3. The zero-order chi connectivity index (χ0) is 10.3. The quantitative estimate of drug-likeness (QED) is 0.699. The molecule has 1 saturated heterocycles. The van der Waals surface area contributed by atoms with Gasteiger partial charge in [-0.25, -0.2) is 0 Å². The lowest BCUT2D eigenvalue weighted by molar-refractivity contribution is 0.217. The Labute approximate surface area is 85.5 Å². The van der Waals surface area contributed by atoms with Gasteiger partial charge in [0.15, 0.2) is 0 Å². The highest BCUT2D eigenvalue weighted by molar-refractivity contribution is 7.84. The summed E-state index contributed by atoms with van der Waals surface area (Å²) in [6.45, 7) is 4.64. The lowest BCUT2D eigenvalue weighted by Gasteiger charge is -2.20. The second kappa shape index (κ2) is 3.47. The molecule has 0 N–H and O–H groups in total. The van der Waals surface area contributed by atoms with Crippen molar-refractivity contribution in [3.63, 3.8) is 0 Å². The van der Waals surface area contributed by atoms with Crippen molar-refractivity contribution in [3.8, 4) is 0 Å². The molecule has 1 aliphatic carbocycles. The van der Waals surface area contributed by atoms with Gasteiger partial charge in [0.1, 0.15) is 0 Å². The highest BCUT2D eigenvalue weighted by atomic mass is 32.2. The van der Waals surface area contributed by atoms with E-state index in [4.69, 9.17) is 4.18 Å². The molecule has 0 bridgehead atoms. The molecule has 0 aromatic carbocycles. The predicted octanol–water partition coefficient (Wildman–Crippen LogP) is 1.14. The molecular weight excluding hydrogens is 202 g/mol. The van der Waals surface area contributed by atoms with E-state index in [0.29, 0.717) is 12.5 Å². The largest absolute Gasteiger partial charge is 0.339 e. The molecule has 1 heterocycles. The lowest BCUT2D eigenvalue weighted by atomic mass is 10.1. The normalized spacial score (nSPS) is 36.5. The van der Waals surface area contributed by atoms with Crippen LogP contribution in [0.15, 0.2) is 0 Å². The molecule has 0 spiro atoms. The van der Waals surface area contributed by atoms with Crippen LogP contribution < -0.4 is 0 Å². The summed E-state index contributed by atoms with van der Waals surface area (Å²) in [7, 11) is -3.41. The first-order chi connectivity index (χ1) is 6.50. The van der Waals surface area contributed by atoms with Crippen molar-refractivity contribution in [2.75, 3.05) is 6.54 Å².